The highest BCUT2D eigenvalue weighted by molar-refractivity contribution is 7.90. The molecule has 1 N–H and O–H groups in total. The normalized spacial score (nSPS) is 11.8. The quantitative estimate of drug-likeness (QED) is 0.890. The number of nitrogens with one attached hydrogen (secondary N) is 1. The molecule has 0 radical (unpaired) electrons. The van der Waals surface area contributed by atoms with Crippen LogP contribution in [-0.2, 0) is 16.4 Å². The van der Waals surface area contributed by atoms with Gasteiger partial charge in [-0.2, -0.15) is 0 Å². The van der Waals surface area contributed by atoms with Crippen LogP contribution in [0.5, 0.6) is 0 Å². The largest absolute Gasteiger partial charge is 0.355 e. The number of imidazole rings is 1. The molecule has 5 nitrogen and oxygen atoms in total. The average Bonchev–Trinajstić information content (AvgIpc) is 2.83. The Labute approximate surface area is 125 Å². The first kappa shape index (κ1) is 15.6. The maximum absolute atomic E-state index is 11.4. The van der Waals surface area contributed by atoms with Crippen molar-refractivity contribution >= 4 is 15.8 Å². The standard InChI is InChI=1S/C15H21N3O2S/c1-12(2)10-17-15-16-8-9-18(15)11-13-4-6-14(7-5-13)21(3,19)20/h4-9,12H,10-11H2,1-3H3,(H,16,17). The Morgan fingerprint density at radius 1 is 1.24 bits per heavy atom. The summed E-state index contributed by atoms with van der Waals surface area (Å²) in [5.41, 5.74) is 1.04. The van der Waals surface area contributed by atoms with E-state index in [1.165, 1.54) is 6.26 Å². The van der Waals surface area contributed by atoms with Crippen molar-refractivity contribution in [3.05, 3.63) is 42.2 Å². The molecule has 0 aliphatic carbocycles. The van der Waals surface area contributed by atoms with Crippen molar-refractivity contribution in [1.29, 1.82) is 0 Å². The summed E-state index contributed by atoms with van der Waals surface area (Å²) in [6.45, 7) is 5.81. The fourth-order valence-corrected chi connectivity index (χ4v) is 2.57. The minimum absolute atomic E-state index is 0.343. The van der Waals surface area contributed by atoms with Crippen LogP contribution < -0.4 is 5.32 Å². The second-order valence-corrected chi connectivity index (χ2v) is 7.59. The van der Waals surface area contributed by atoms with Gasteiger partial charge in [0.2, 0.25) is 5.95 Å². The second-order valence-electron chi connectivity index (χ2n) is 5.57. The third-order valence-electron chi connectivity index (χ3n) is 3.09. The van der Waals surface area contributed by atoms with E-state index in [9.17, 15) is 8.42 Å². The predicted molar refractivity (Wildman–Crippen MR) is 84.2 cm³/mol. The molecule has 0 aliphatic rings. The number of sulfone groups is 1. The first-order valence-corrected chi connectivity index (χ1v) is 8.79. The molecule has 1 aromatic carbocycles. The molecule has 0 fully saturated rings. The Balaban J connectivity index is 2.10. The van der Waals surface area contributed by atoms with Gasteiger partial charge in [0.25, 0.3) is 0 Å². The smallest absolute Gasteiger partial charge is 0.203 e. The molecule has 114 valence electrons. The van der Waals surface area contributed by atoms with Gasteiger partial charge in [-0.3, -0.25) is 0 Å². The fraction of sp³-hybridized carbons (Fsp3) is 0.400. The first-order valence-electron chi connectivity index (χ1n) is 6.90. The lowest BCUT2D eigenvalue weighted by molar-refractivity contribution is 0.602. The number of aromatic nitrogens is 2. The lowest BCUT2D eigenvalue weighted by Gasteiger charge is -2.11. The van der Waals surface area contributed by atoms with Crippen LogP contribution in [-0.4, -0.2) is 30.8 Å². The highest BCUT2D eigenvalue weighted by Crippen LogP contribution is 2.13. The Morgan fingerprint density at radius 3 is 2.48 bits per heavy atom. The summed E-state index contributed by atoms with van der Waals surface area (Å²) in [4.78, 5) is 4.64. The van der Waals surface area contributed by atoms with Gasteiger partial charge in [-0.1, -0.05) is 26.0 Å². The molecule has 2 rings (SSSR count). The van der Waals surface area contributed by atoms with E-state index in [1.807, 2.05) is 22.9 Å². The summed E-state index contributed by atoms with van der Waals surface area (Å²) in [6, 6.07) is 6.96. The van der Waals surface area contributed by atoms with Crippen molar-refractivity contribution in [1.82, 2.24) is 9.55 Å². The predicted octanol–water partition coefficient (Wildman–Crippen LogP) is 2.40. The van der Waals surface area contributed by atoms with Gasteiger partial charge >= 0.3 is 0 Å². The van der Waals surface area contributed by atoms with E-state index in [1.54, 1.807) is 18.3 Å². The van der Waals surface area contributed by atoms with Crippen LogP contribution >= 0.6 is 0 Å². The highest BCUT2D eigenvalue weighted by atomic mass is 32.2. The summed E-state index contributed by atoms with van der Waals surface area (Å²) >= 11 is 0. The number of hydrogen-bond donors (Lipinski definition) is 1. The monoisotopic (exact) mass is 307 g/mol. The molecular formula is C15H21N3O2S. The molecule has 0 amide bonds. The summed E-state index contributed by atoms with van der Waals surface area (Å²) in [5, 5.41) is 3.30. The molecule has 21 heavy (non-hydrogen) atoms. The summed E-state index contributed by atoms with van der Waals surface area (Å²) in [7, 11) is -3.14. The lowest BCUT2D eigenvalue weighted by atomic mass is 10.2. The van der Waals surface area contributed by atoms with Gasteiger partial charge in [0, 0.05) is 25.2 Å². The van der Waals surface area contributed by atoms with Crippen molar-refractivity contribution in [2.24, 2.45) is 5.92 Å². The molecule has 2 aromatic rings. The van der Waals surface area contributed by atoms with Gasteiger partial charge in [0.1, 0.15) is 0 Å². The number of anilines is 1. The number of rotatable bonds is 6. The molecule has 0 bridgehead atoms. The Bertz CT molecular complexity index is 688. The number of nitrogens with zero attached hydrogens (tertiary/aromatic N) is 2. The van der Waals surface area contributed by atoms with Crippen LogP contribution in [0, 0.1) is 5.92 Å². The molecule has 0 saturated carbocycles. The zero-order valence-electron chi connectivity index (χ0n) is 12.6. The van der Waals surface area contributed by atoms with E-state index in [2.05, 4.69) is 24.1 Å². The van der Waals surface area contributed by atoms with Crippen LogP contribution in [0.15, 0.2) is 41.6 Å². The molecule has 0 aliphatic heterocycles. The van der Waals surface area contributed by atoms with E-state index in [-0.39, 0.29) is 0 Å². The van der Waals surface area contributed by atoms with E-state index in [4.69, 9.17) is 0 Å². The van der Waals surface area contributed by atoms with Crippen LogP contribution in [0.2, 0.25) is 0 Å². The maximum Gasteiger partial charge on any atom is 0.203 e. The zero-order valence-corrected chi connectivity index (χ0v) is 13.4. The molecule has 0 unspecified atom stereocenters. The van der Waals surface area contributed by atoms with Gasteiger partial charge in [0.05, 0.1) is 11.4 Å². The topological polar surface area (TPSA) is 64.0 Å². The van der Waals surface area contributed by atoms with E-state index in [0.29, 0.717) is 17.4 Å². The van der Waals surface area contributed by atoms with Crippen molar-refractivity contribution < 1.29 is 8.42 Å². The van der Waals surface area contributed by atoms with Gasteiger partial charge in [-0.15, -0.1) is 0 Å². The summed E-state index contributed by atoms with van der Waals surface area (Å²) in [6.07, 6.45) is 4.88. The van der Waals surface area contributed by atoms with Crippen molar-refractivity contribution in [3.63, 3.8) is 0 Å². The minimum atomic E-state index is -3.14. The average molecular weight is 307 g/mol. The van der Waals surface area contributed by atoms with E-state index >= 15 is 0 Å². The second kappa shape index (κ2) is 6.30. The Kier molecular flexibility index (Phi) is 4.67. The number of benzene rings is 1. The maximum atomic E-state index is 11.4. The molecule has 1 heterocycles. The van der Waals surface area contributed by atoms with Gasteiger partial charge in [-0.25, -0.2) is 13.4 Å². The van der Waals surface area contributed by atoms with E-state index < -0.39 is 9.84 Å². The third kappa shape index (κ3) is 4.32. The van der Waals surface area contributed by atoms with Crippen molar-refractivity contribution in [2.45, 2.75) is 25.3 Å². The SMILES string of the molecule is CC(C)CNc1nccn1Cc1ccc(S(C)(=O)=O)cc1. The number of hydrogen-bond acceptors (Lipinski definition) is 4. The molecule has 0 atom stereocenters. The Morgan fingerprint density at radius 2 is 1.90 bits per heavy atom. The van der Waals surface area contributed by atoms with Crippen LogP contribution in [0.3, 0.4) is 0 Å². The molecule has 1 aromatic heterocycles. The molecule has 0 saturated heterocycles. The third-order valence-corrected chi connectivity index (χ3v) is 4.22. The van der Waals surface area contributed by atoms with Gasteiger partial charge in [0.15, 0.2) is 9.84 Å². The van der Waals surface area contributed by atoms with Gasteiger partial charge < -0.3 is 9.88 Å². The van der Waals surface area contributed by atoms with Crippen LogP contribution in [0.25, 0.3) is 0 Å². The van der Waals surface area contributed by atoms with Crippen LogP contribution in [0.4, 0.5) is 5.95 Å². The van der Waals surface area contributed by atoms with Crippen molar-refractivity contribution in [3.8, 4) is 0 Å². The zero-order chi connectivity index (χ0) is 15.5. The minimum Gasteiger partial charge on any atom is -0.355 e. The summed E-state index contributed by atoms with van der Waals surface area (Å²) < 4.78 is 24.9. The highest BCUT2D eigenvalue weighted by Gasteiger charge is 2.07. The van der Waals surface area contributed by atoms with E-state index in [0.717, 1.165) is 18.1 Å². The summed E-state index contributed by atoms with van der Waals surface area (Å²) in [5.74, 6) is 1.38. The fourth-order valence-electron chi connectivity index (χ4n) is 1.94. The lowest BCUT2D eigenvalue weighted by Crippen LogP contribution is -2.13. The first-order chi connectivity index (χ1) is 9.86. The molecule has 0 spiro atoms. The van der Waals surface area contributed by atoms with Gasteiger partial charge in [-0.05, 0) is 23.6 Å². The Hall–Kier alpha value is -1.82. The van der Waals surface area contributed by atoms with Crippen molar-refractivity contribution in [2.75, 3.05) is 18.1 Å². The molecule has 6 heteroatoms. The van der Waals surface area contributed by atoms with Crippen LogP contribution in [0.1, 0.15) is 19.4 Å². The molecular weight excluding hydrogens is 286 g/mol.